The molecule has 26 heavy (non-hydrogen) atoms. The summed E-state index contributed by atoms with van der Waals surface area (Å²) in [5, 5.41) is 6.79. The van der Waals surface area contributed by atoms with Crippen molar-refractivity contribution in [3.63, 3.8) is 0 Å². The summed E-state index contributed by atoms with van der Waals surface area (Å²) < 4.78 is 12.2. The first-order valence-corrected chi connectivity index (χ1v) is 10.2. The third-order valence-electron chi connectivity index (χ3n) is 4.68. The first-order valence-electron chi connectivity index (χ1n) is 9.37. The number of benzene rings is 1. The van der Waals surface area contributed by atoms with Gasteiger partial charge in [0.25, 0.3) is 0 Å². The van der Waals surface area contributed by atoms with E-state index in [9.17, 15) is 0 Å². The van der Waals surface area contributed by atoms with Crippen molar-refractivity contribution in [1.82, 2.24) is 10.6 Å². The quantitative estimate of drug-likeness (QED) is 0.361. The molecule has 2 N–H and O–H groups in total. The third kappa shape index (κ3) is 7.25. The molecule has 146 valence electrons. The van der Waals surface area contributed by atoms with Crippen molar-refractivity contribution >= 4 is 21.9 Å². The third-order valence-corrected chi connectivity index (χ3v) is 5.21. The Labute approximate surface area is 166 Å². The van der Waals surface area contributed by atoms with Gasteiger partial charge in [-0.2, -0.15) is 0 Å². The molecule has 0 bridgehead atoms. The van der Waals surface area contributed by atoms with Crippen LogP contribution in [0.5, 0.6) is 0 Å². The van der Waals surface area contributed by atoms with E-state index in [2.05, 4.69) is 69.7 Å². The number of halogens is 1. The Balaban J connectivity index is 1.63. The summed E-state index contributed by atoms with van der Waals surface area (Å²) in [5.74, 6) is 1.41. The molecule has 1 aliphatic rings. The average molecular weight is 426 g/mol. The number of rotatable bonds is 9. The van der Waals surface area contributed by atoms with Crippen LogP contribution in [0.15, 0.2) is 33.7 Å². The summed E-state index contributed by atoms with van der Waals surface area (Å²) >= 11 is 3.49. The minimum atomic E-state index is 0.0186. The van der Waals surface area contributed by atoms with Crippen molar-refractivity contribution in [3.8, 4) is 0 Å². The van der Waals surface area contributed by atoms with E-state index in [0.29, 0.717) is 5.92 Å². The lowest BCUT2D eigenvalue weighted by atomic mass is 9.85. The molecule has 2 rings (SSSR count). The molecule has 0 aliphatic carbocycles. The summed E-state index contributed by atoms with van der Waals surface area (Å²) in [6, 6.07) is 8.49. The van der Waals surface area contributed by atoms with Crippen molar-refractivity contribution in [2.24, 2.45) is 10.9 Å². The van der Waals surface area contributed by atoms with Crippen LogP contribution in [-0.2, 0) is 14.9 Å². The highest BCUT2D eigenvalue weighted by Crippen LogP contribution is 2.23. The summed E-state index contributed by atoms with van der Waals surface area (Å²) in [7, 11) is 1.80. The Morgan fingerprint density at radius 2 is 2.08 bits per heavy atom. The number of nitrogens with zero attached hydrogens (tertiary/aromatic N) is 1. The van der Waals surface area contributed by atoms with Gasteiger partial charge in [0.05, 0.1) is 13.2 Å². The molecular weight excluding hydrogens is 394 g/mol. The van der Waals surface area contributed by atoms with Crippen LogP contribution in [0.4, 0.5) is 0 Å². The zero-order valence-corrected chi connectivity index (χ0v) is 17.8. The molecule has 1 aromatic rings. The molecule has 1 saturated heterocycles. The second kappa shape index (κ2) is 10.9. The molecule has 0 spiro atoms. The van der Waals surface area contributed by atoms with Crippen LogP contribution in [0.25, 0.3) is 0 Å². The molecule has 0 radical (unpaired) electrons. The van der Waals surface area contributed by atoms with Crippen LogP contribution in [0.1, 0.15) is 32.3 Å². The maximum Gasteiger partial charge on any atom is 0.191 e. The van der Waals surface area contributed by atoms with Crippen LogP contribution in [0, 0.1) is 5.92 Å². The van der Waals surface area contributed by atoms with Crippen molar-refractivity contribution in [3.05, 3.63) is 34.3 Å². The number of hydrogen-bond donors (Lipinski definition) is 2. The Bertz CT molecular complexity index is 555. The van der Waals surface area contributed by atoms with Crippen LogP contribution >= 0.6 is 15.9 Å². The van der Waals surface area contributed by atoms with Gasteiger partial charge < -0.3 is 20.1 Å². The lowest BCUT2D eigenvalue weighted by Gasteiger charge is -2.27. The molecule has 1 unspecified atom stereocenters. The van der Waals surface area contributed by atoms with Gasteiger partial charge in [-0.25, -0.2) is 0 Å². The van der Waals surface area contributed by atoms with E-state index in [0.717, 1.165) is 62.8 Å². The predicted octanol–water partition coefficient (Wildman–Crippen LogP) is 3.33. The first kappa shape index (κ1) is 21.2. The number of aliphatic imine (C=N–C) groups is 1. The van der Waals surface area contributed by atoms with Crippen molar-refractivity contribution in [1.29, 1.82) is 0 Å². The molecular formula is C20H32BrN3O2. The maximum atomic E-state index is 5.73. The topological polar surface area (TPSA) is 54.9 Å². The lowest BCUT2D eigenvalue weighted by Crippen LogP contribution is -2.43. The van der Waals surface area contributed by atoms with Crippen LogP contribution in [-0.4, -0.2) is 52.5 Å². The van der Waals surface area contributed by atoms with Crippen molar-refractivity contribution < 1.29 is 9.47 Å². The number of hydrogen-bond acceptors (Lipinski definition) is 3. The summed E-state index contributed by atoms with van der Waals surface area (Å²) in [4.78, 5) is 4.31. The Morgan fingerprint density at radius 3 is 2.73 bits per heavy atom. The second-order valence-corrected chi connectivity index (χ2v) is 8.32. The fraction of sp³-hybridized carbons (Fsp3) is 0.650. The zero-order valence-electron chi connectivity index (χ0n) is 16.2. The molecule has 6 heteroatoms. The average Bonchev–Trinajstić information content (AvgIpc) is 3.14. The SMILES string of the molecule is CN=C(NCCCOCC1CCOC1)NCC(C)(C)c1ccc(Br)cc1. The van der Waals surface area contributed by atoms with E-state index >= 15 is 0 Å². The molecule has 1 heterocycles. The van der Waals surface area contributed by atoms with Gasteiger partial charge in [-0.15, -0.1) is 0 Å². The van der Waals surface area contributed by atoms with Crippen molar-refractivity contribution in [2.75, 3.05) is 46.6 Å². The highest BCUT2D eigenvalue weighted by molar-refractivity contribution is 9.10. The maximum absolute atomic E-state index is 5.73. The lowest BCUT2D eigenvalue weighted by molar-refractivity contribution is 0.0888. The molecule has 0 aromatic heterocycles. The summed E-state index contributed by atoms with van der Waals surface area (Å²) in [5.41, 5.74) is 1.32. The minimum Gasteiger partial charge on any atom is -0.381 e. The summed E-state index contributed by atoms with van der Waals surface area (Å²) in [6.07, 6.45) is 2.09. The molecule has 0 amide bonds. The van der Waals surface area contributed by atoms with Crippen LogP contribution < -0.4 is 10.6 Å². The normalized spacial score (nSPS) is 18.2. The van der Waals surface area contributed by atoms with E-state index in [1.165, 1.54) is 5.56 Å². The monoisotopic (exact) mass is 425 g/mol. The Kier molecular flexibility index (Phi) is 8.88. The number of nitrogens with one attached hydrogen (secondary N) is 2. The second-order valence-electron chi connectivity index (χ2n) is 7.40. The summed E-state index contributed by atoms with van der Waals surface area (Å²) in [6.45, 7) is 9.44. The van der Waals surface area contributed by atoms with Crippen LogP contribution in [0.2, 0.25) is 0 Å². The predicted molar refractivity (Wildman–Crippen MR) is 111 cm³/mol. The van der Waals surface area contributed by atoms with E-state index in [-0.39, 0.29) is 5.41 Å². The van der Waals surface area contributed by atoms with E-state index in [4.69, 9.17) is 9.47 Å². The van der Waals surface area contributed by atoms with Gasteiger partial charge in [0.2, 0.25) is 0 Å². The van der Waals surface area contributed by atoms with Gasteiger partial charge in [-0.3, -0.25) is 4.99 Å². The highest BCUT2D eigenvalue weighted by Gasteiger charge is 2.20. The molecule has 1 fully saturated rings. The van der Waals surface area contributed by atoms with Gasteiger partial charge in [-0.05, 0) is 30.5 Å². The number of guanidine groups is 1. The minimum absolute atomic E-state index is 0.0186. The zero-order chi connectivity index (χ0) is 18.8. The fourth-order valence-electron chi connectivity index (χ4n) is 2.87. The molecule has 1 atom stereocenters. The van der Waals surface area contributed by atoms with E-state index < -0.39 is 0 Å². The van der Waals surface area contributed by atoms with E-state index in [1.54, 1.807) is 7.05 Å². The first-order chi connectivity index (χ1) is 12.5. The Morgan fingerprint density at radius 1 is 1.31 bits per heavy atom. The molecule has 1 aromatic carbocycles. The standard InChI is InChI=1S/C20H32BrN3O2/c1-20(2,17-5-7-18(21)8-6-17)15-24-19(22-3)23-10-4-11-25-13-16-9-12-26-14-16/h5-8,16H,4,9-15H2,1-3H3,(H2,22,23,24). The highest BCUT2D eigenvalue weighted by atomic mass is 79.9. The van der Waals surface area contributed by atoms with E-state index in [1.807, 2.05) is 0 Å². The Hall–Kier alpha value is -1.11. The van der Waals surface area contributed by atoms with Gasteiger partial charge >= 0.3 is 0 Å². The molecule has 5 nitrogen and oxygen atoms in total. The van der Waals surface area contributed by atoms with Crippen LogP contribution in [0.3, 0.4) is 0 Å². The van der Waals surface area contributed by atoms with Gasteiger partial charge in [0, 0.05) is 49.2 Å². The molecule has 1 aliphatic heterocycles. The smallest absolute Gasteiger partial charge is 0.191 e. The van der Waals surface area contributed by atoms with Gasteiger partial charge in [0.1, 0.15) is 0 Å². The fourth-order valence-corrected chi connectivity index (χ4v) is 3.14. The van der Waals surface area contributed by atoms with Crippen molar-refractivity contribution in [2.45, 2.75) is 32.1 Å². The largest absolute Gasteiger partial charge is 0.381 e. The molecule has 0 saturated carbocycles. The number of ether oxygens (including phenoxy) is 2. The van der Waals surface area contributed by atoms with Gasteiger partial charge in [-0.1, -0.05) is 41.9 Å². The van der Waals surface area contributed by atoms with Gasteiger partial charge in [0.15, 0.2) is 5.96 Å².